The molecule has 9 nitrogen and oxygen atoms in total. The zero-order chi connectivity index (χ0) is 13.5. The molecule has 0 bridgehead atoms. The molecular formula is C9H16N6O3. The van der Waals surface area contributed by atoms with Crippen LogP contribution in [0.3, 0.4) is 0 Å². The first-order chi connectivity index (χ1) is 8.58. The second kappa shape index (κ2) is 6.67. The topological polar surface area (TPSA) is 139 Å². The SMILES string of the molecule is CCCC(O)CNc1nc(NN)ncc1[N+](=O)[O-]. The number of aliphatic hydroxyl groups excluding tert-OH is 1. The van der Waals surface area contributed by atoms with Crippen LogP contribution in [-0.4, -0.2) is 32.6 Å². The summed E-state index contributed by atoms with van der Waals surface area (Å²) in [7, 11) is 0. The Morgan fingerprint density at radius 3 is 2.94 bits per heavy atom. The molecule has 100 valence electrons. The number of nitrogens with one attached hydrogen (secondary N) is 2. The molecule has 1 aromatic heterocycles. The summed E-state index contributed by atoms with van der Waals surface area (Å²) in [4.78, 5) is 17.6. The molecule has 1 aromatic rings. The predicted molar refractivity (Wildman–Crippen MR) is 65.9 cm³/mol. The third-order valence-corrected chi connectivity index (χ3v) is 2.22. The molecule has 5 N–H and O–H groups in total. The van der Waals surface area contributed by atoms with Crippen molar-refractivity contribution in [2.75, 3.05) is 17.3 Å². The fourth-order valence-corrected chi connectivity index (χ4v) is 1.36. The van der Waals surface area contributed by atoms with Gasteiger partial charge in [0.2, 0.25) is 11.8 Å². The van der Waals surface area contributed by atoms with Gasteiger partial charge < -0.3 is 10.4 Å². The number of hydrogen-bond donors (Lipinski definition) is 4. The summed E-state index contributed by atoms with van der Waals surface area (Å²) in [6.07, 6.45) is 1.90. The Morgan fingerprint density at radius 1 is 1.67 bits per heavy atom. The van der Waals surface area contributed by atoms with Gasteiger partial charge in [-0.1, -0.05) is 13.3 Å². The summed E-state index contributed by atoms with van der Waals surface area (Å²) in [5.41, 5.74) is 1.93. The molecule has 0 aliphatic carbocycles. The van der Waals surface area contributed by atoms with Gasteiger partial charge in [-0.2, -0.15) is 4.98 Å². The molecule has 9 heteroatoms. The van der Waals surface area contributed by atoms with Crippen molar-refractivity contribution in [3.05, 3.63) is 16.3 Å². The first kappa shape index (κ1) is 14.1. The molecule has 18 heavy (non-hydrogen) atoms. The molecule has 1 heterocycles. The molecule has 0 amide bonds. The molecule has 1 atom stereocenters. The Bertz CT molecular complexity index is 413. The number of nitrogen functional groups attached to an aromatic ring is 1. The highest BCUT2D eigenvalue weighted by molar-refractivity contribution is 5.56. The minimum absolute atomic E-state index is 0.0260. The van der Waals surface area contributed by atoms with Crippen molar-refractivity contribution in [1.82, 2.24) is 9.97 Å². The van der Waals surface area contributed by atoms with E-state index in [1.165, 1.54) is 0 Å². The minimum Gasteiger partial charge on any atom is -0.391 e. The molecule has 0 saturated heterocycles. The fourth-order valence-electron chi connectivity index (χ4n) is 1.36. The lowest BCUT2D eigenvalue weighted by Crippen LogP contribution is -2.21. The van der Waals surface area contributed by atoms with Crippen LogP contribution in [0.25, 0.3) is 0 Å². The van der Waals surface area contributed by atoms with Crippen LogP contribution >= 0.6 is 0 Å². The molecular weight excluding hydrogens is 240 g/mol. The average Bonchev–Trinajstić information content (AvgIpc) is 2.36. The average molecular weight is 256 g/mol. The molecule has 1 rings (SSSR count). The number of hydrogen-bond acceptors (Lipinski definition) is 8. The van der Waals surface area contributed by atoms with Gasteiger partial charge in [-0.15, -0.1) is 0 Å². The van der Waals surface area contributed by atoms with Crippen LogP contribution in [-0.2, 0) is 0 Å². The van der Waals surface area contributed by atoms with E-state index in [0.717, 1.165) is 12.6 Å². The van der Waals surface area contributed by atoms with Crippen LogP contribution < -0.4 is 16.6 Å². The van der Waals surface area contributed by atoms with Crippen LogP contribution in [0.15, 0.2) is 6.20 Å². The van der Waals surface area contributed by atoms with Gasteiger partial charge in [-0.3, -0.25) is 15.5 Å². The predicted octanol–water partition coefficient (Wildman–Crippen LogP) is 0.243. The normalized spacial score (nSPS) is 11.9. The number of rotatable bonds is 7. The van der Waals surface area contributed by atoms with Gasteiger partial charge in [-0.25, -0.2) is 10.8 Å². The van der Waals surface area contributed by atoms with Crippen molar-refractivity contribution in [1.29, 1.82) is 0 Å². The van der Waals surface area contributed by atoms with Crippen molar-refractivity contribution in [3.8, 4) is 0 Å². The Balaban J connectivity index is 2.80. The second-order valence-corrected chi connectivity index (χ2v) is 3.65. The lowest BCUT2D eigenvalue weighted by atomic mass is 10.2. The van der Waals surface area contributed by atoms with Crippen molar-refractivity contribution in [2.24, 2.45) is 5.84 Å². The van der Waals surface area contributed by atoms with Gasteiger partial charge in [0.15, 0.2) is 0 Å². The standard InChI is InChI=1S/C9H16N6O3/c1-2-3-6(16)4-11-8-7(15(17)18)5-12-9(13-8)14-10/h5-6,16H,2-4,10H2,1H3,(H2,11,12,13,14). The van der Waals surface area contributed by atoms with E-state index in [0.29, 0.717) is 6.42 Å². The van der Waals surface area contributed by atoms with Gasteiger partial charge in [0.25, 0.3) is 0 Å². The lowest BCUT2D eigenvalue weighted by molar-refractivity contribution is -0.384. The number of anilines is 2. The maximum atomic E-state index is 10.8. The molecule has 0 radical (unpaired) electrons. The number of hydrazine groups is 1. The zero-order valence-electron chi connectivity index (χ0n) is 9.96. The molecule has 0 aromatic carbocycles. The molecule has 0 fully saturated rings. The highest BCUT2D eigenvalue weighted by Gasteiger charge is 2.17. The molecule has 0 spiro atoms. The van der Waals surface area contributed by atoms with Gasteiger partial charge in [0, 0.05) is 6.54 Å². The van der Waals surface area contributed by atoms with E-state index >= 15 is 0 Å². The van der Waals surface area contributed by atoms with E-state index in [9.17, 15) is 15.2 Å². The van der Waals surface area contributed by atoms with Crippen LogP contribution in [0.4, 0.5) is 17.5 Å². The summed E-state index contributed by atoms with van der Waals surface area (Å²) >= 11 is 0. The summed E-state index contributed by atoms with van der Waals surface area (Å²) in [6, 6.07) is 0. The van der Waals surface area contributed by atoms with Crippen LogP contribution in [0.1, 0.15) is 19.8 Å². The lowest BCUT2D eigenvalue weighted by Gasteiger charge is -2.11. The number of nitrogens with two attached hydrogens (primary N) is 1. The van der Waals surface area contributed by atoms with E-state index in [1.54, 1.807) is 0 Å². The Labute approximate surface area is 104 Å². The van der Waals surface area contributed by atoms with E-state index in [4.69, 9.17) is 5.84 Å². The van der Waals surface area contributed by atoms with Crippen molar-refractivity contribution in [3.63, 3.8) is 0 Å². The number of aliphatic hydroxyl groups is 1. The Kier molecular flexibility index (Phi) is 5.21. The highest BCUT2D eigenvalue weighted by atomic mass is 16.6. The number of nitro groups is 1. The summed E-state index contributed by atoms with van der Waals surface area (Å²) in [5, 5.41) is 23.0. The fraction of sp³-hybridized carbons (Fsp3) is 0.556. The second-order valence-electron chi connectivity index (χ2n) is 3.65. The summed E-state index contributed by atoms with van der Waals surface area (Å²) in [5.74, 6) is 5.22. The van der Waals surface area contributed by atoms with Gasteiger partial charge in [-0.05, 0) is 6.42 Å². The van der Waals surface area contributed by atoms with Crippen LogP contribution in [0, 0.1) is 10.1 Å². The summed E-state index contributed by atoms with van der Waals surface area (Å²) < 4.78 is 0. The van der Waals surface area contributed by atoms with Crippen molar-refractivity contribution in [2.45, 2.75) is 25.9 Å². The molecule has 0 aliphatic rings. The zero-order valence-corrected chi connectivity index (χ0v) is 9.96. The maximum Gasteiger partial charge on any atom is 0.329 e. The quantitative estimate of drug-likeness (QED) is 0.309. The monoisotopic (exact) mass is 256 g/mol. The third kappa shape index (κ3) is 3.79. The van der Waals surface area contributed by atoms with E-state index in [-0.39, 0.29) is 24.0 Å². The first-order valence-corrected chi connectivity index (χ1v) is 5.48. The Morgan fingerprint density at radius 2 is 2.39 bits per heavy atom. The van der Waals surface area contributed by atoms with E-state index < -0.39 is 11.0 Å². The first-order valence-electron chi connectivity index (χ1n) is 5.48. The molecule has 0 aliphatic heterocycles. The van der Waals surface area contributed by atoms with E-state index in [1.807, 2.05) is 6.92 Å². The summed E-state index contributed by atoms with van der Waals surface area (Å²) in [6.45, 7) is 2.11. The van der Waals surface area contributed by atoms with Gasteiger partial charge in [0.1, 0.15) is 6.20 Å². The van der Waals surface area contributed by atoms with E-state index in [2.05, 4.69) is 20.7 Å². The molecule has 0 saturated carbocycles. The highest BCUT2D eigenvalue weighted by Crippen LogP contribution is 2.21. The van der Waals surface area contributed by atoms with Gasteiger partial charge in [0.05, 0.1) is 11.0 Å². The minimum atomic E-state index is -0.602. The van der Waals surface area contributed by atoms with Crippen LogP contribution in [0.5, 0.6) is 0 Å². The Hall–Kier alpha value is -2.00. The number of aromatic nitrogens is 2. The molecule has 1 unspecified atom stereocenters. The van der Waals surface area contributed by atoms with Gasteiger partial charge >= 0.3 is 5.69 Å². The van der Waals surface area contributed by atoms with Crippen molar-refractivity contribution >= 4 is 17.5 Å². The maximum absolute atomic E-state index is 10.8. The largest absolute Gasteiger partial charge is 0.391 e. The van der Waals surface area contributed by atoms with Crippen molar-refractivity contribution < 1.29 is 10.0 Å². The van der Waals surface area contributed by atoms with Crippen LogP contribution in [0.2, 0.25) is 0 Å². The third-order valence-electron chi connectivity index (χ3n) is 2.22. The number of nitrogens with zero attached hydrogens (tertiary/aromatic N) is 3. The smallest absolute Gasteiger partial charge is 0.329 e.